The molecule has 1 aromatic rings. The zero-order valence-corrected chi connectivity index (χ0v) is 9.17. The maximum Gasteiger partial charge on any atom is 0.0114 e. The van der Waals surface area contributed by atoms with Gasteiger partial charge in [0, 0.05) is 6.04 Å². The van der Waals surface area contributed by atoms with Crippen molar-refractivity contribution in [2.45, 2.75) is 31.7 Å². The molecule has 2 aliphatic carbocycles. The summed E-state index contributed by atoms with van der Waals surface area (Å²) in [4.78, 5) is 0. The predicted octanol–water partition coefficient (Wildman–Crippen LogP) is 2.66. The highest BCUT2D eigenvalue weighted by molar-refractivity contribution is 7.07. The Morgan fingerprint density at radius 2 is 2.21 bits per heavy atom. The number of rotatable bonds is 3. The minimum absolute atomic E-state index is 0.430. The molecule has 1 nitrogen and oxygen atoms in total. The number of hydrogen-bond acceptors (Lipinski definition) is 2. The molecule has 1 aromatic heterocycles. The van der Waals surface area contributed by atoms with Crippen molar-refractivity contribution in [3.8, 4) is 0 Å². The smallest absolute Gasteiger partial charge is 0.0114 e. The van der Waals surface area contributed by atoms with Crippen LogP contribution >= 0.6 is 11.3 Å². The summed E-state index contributed by atoms with van der Waals surface area (Å²) in [6.07, 6.45) is 5.46. The molecule has 2 heteroatoms. The monoisotopic (exact) mass is 207 g/mol. The van der Waals surface area contributed by atoms with Crippen LogP contribution in [-0.2, 0) is 6.42 Å². The number of nitrogens with two attached hydrogens (primary N) is 1. The lowest BCUT2D eigenvalue weighted by Crippen LogP contribution is -2.27. The highest BCUT2D eigenvalue weighted by Crippen LogP contribution is 2.58. The van der Waals surface area contributed by atoms with Crippen molar-refractivity contribution in [1.29, 1.82) is 0 Å². The molecule has 0 radical (unpaired) electrons. The Morgan fingerprint density at radius 3 is 2.86 bits per heavy atom. The quantitative estimate of drug-likeness (QED) is 0.810. The zero-order chi connectivity index (χ0) is 9.54. The second-order valence-electron chi connectivity index (χ2n) is 4.84. The Morgan fingerprint density at radius 1 is 1.43 bits per heavy atom. The third-order valence-corrected chi connectivity index (χ3v) is 4.75. The van der Waals surface area contributed by atoms with Gasteiger partial charge in [-0.2, -0.15) is 11.3 Å². The van der Waals surface area contributed by atoms with Crippen LogP contribution in [0.3, 0.4) is 0 Å². The number of fused-ring (bicyclic) bond motifs is 1. The highest BCUT2D eigenvalue weighted by atomic mass is 32.1. The second-order valence-corrected chi connectivity index (χ2v) is 5.62. The third kappa shape index (κ3) is 1.41. The van der Waals surface area contributed by atoms with E-state index in [1.807, 2.05) is 0 Å². The van der Waals surface area contributed by atoms with E-state index < -0.39 is 0 Å². The van der Waals surface area contributed by atoms with Crippen LogP contribution in [0, 0.1) is 17.8 Å². The van der Waals surface area contributed by atoms with Crippen LogP contribution in [-0.4, -0.2) is 6.04 Å². The lowest BCUT2D eigenvalue weighted by Gasteiger charge is -2.12. The molecule has 14 heavy (non-hydrogen) atoms. The van der Waals surface area contributed by atoms with E-state index in [2.05, 4.69) is 16.8 Å². The molecule has 0 amide bonds. The molecule has 1 heterocycles. The lowest BCUT2D eigenvalue weighted by atomic mass is 9.99. The van der Waals surface area contributed by atoms with Crippen molar-refractivity contribution >= 4 is 11.3 Å². The molecule has 3 unspecified atom stereocenters. The fourth-order valence-corrected chi connectivity index (χ4v) is 4.01. The summed E-state index contributed by atoms with van der Waals surface area (Å²) >= 11 is 1.78. The summed E-state index contributed by atoms with van der Waals surface area (Å²) < 4.78 is 0. The van der Waals surface area contributed by atoms with Gasteiger partial charge in [0.25, 0.3) is 0 Å². The normalized spacial score (nSPS) is 36.8. The van der Waals surface area contributed by atoms with Crippen molar-refractivity contribution < 1.29 is 0 Å². The van der Waals surface area contributed by atoms with Gasteiger partial charge in [0.15, 0.2) is 0 Å². The molecule has 0 aliphatic heterocycles. The van der Waals surface area contributed by atoms with E-state index in [0.717, 1.165) is 24.2 Å². The van der Waals surface area contributed by atoms with Crippen molar-refractivity contribution in [2.24, 2.45) is 23.5 Å². The molecule has 0 bridgehead atoms. The third-order valence-electron chi connectivity index (χ3n) is 4.02. The Bertz CT molecular complexity index is 296. The first-order valence-electron chi connectivity index (χ1n) is 5.63. The average Bonchev–Trinajstić information content (AvgIpc) is 2.63. The maximum absolute atomic E-state index is 6.27. The molecule has 3 atom stereocenters. The van der Waals surface area contributed by atoms with Crippen LogP contribution in [0.25, 0.3) is 0 Å². The molecule has 2 fully saturated rings. The fraction of sp³-hybridized carbons (Fsp3) is 0.667. The largest absolute Gasteiger partial charge is 0.327 e. The van der Waals surface area contributed by atoms with Gasteiger partial charge < -0.3 is 5.73 Å². The summed E-state index contributed by atoms with van der Waals surface area (Å²) in [5.74, 6) is 2.87. The fourth-order valence-electron chi connectivity index (χ4n) is 3.33. The van der Waals surface area contributed by atoms with E-state index in [1.165, 1.54) is 24.8 Å². The van der Waals surface area contributed by atoms with Gasteiger partial charge in [-0.05, 0) is 59.4 Å². The van der Waals surface area contributed by atoms with Crippen LogP contribution in [0.5, 0.6) is 0 Å². The number of hydrogen-bond donors (Lipinski definition) is 1. The average molecular weight is 207 g/mol. The molecular formula is C12H17NS. The minimum Gasteiger partial charge on any atom is -0.327 e. The Balaban J connectivity index is 1.59. The van der Waals surface area contributed by atoms with Crippen LogP contribution in [0.1, 0.15) is 24.8 Å². The van der Waals surface area contributed by atoms with Gasteiger partial charge in [0.1, 0.15) is 0 Å². The second kappa shape index (κ2) is 3.35. The van der Waals surface area contributed by atoms with E-state index in [1.54, 1.807) is 11.3 Å². The van der Waals surface area contributed by atoms with Crippen molar-refractivity contribution in [2.75, 3.05) is 0 Å². The summed E-state index contributed by atoms with van der Waals surface area (Å²) in [6, 6.07) is 2.64. The van der Waals surface area contributed by atoms with Crippen LogP contribution in [0.2, 0.25) is 0 Å². The standard InChI is InChI=1S/C12H17NS/c13-11(6-8-4-5-14-7-8)12-9-2-1-3-10(9)12/h4-5,7,9-12H,1-3,6,13H2. The van der Waals surface area contributed by atoms with Crippen molar-refractivity contribution in [3.05, 3.63) is 22.4 Å². The highest BCUT2D eigenvalue weighted by Gasteiger charge is 2.54. The molecule has 0 aromatic carbocycles. The van der Waals surface area contributed by atoms with Crippen LogP contribution in [0.4, 0.5) is 0 Å². The molecule has 3 rings (SSSR count). The molecule has 0 saturated heterocycles. The summed E-state index contributed by atoms with van der Waals surface area (Å²) in [7, 11) is 0. The predicted molar refractivity (Wildman–Crippen MR) is 60.3 cm³/mol. The van der Waals surface area contributed by atoms with Gasteiger partial charge in [-0.15, -0.1) is 0 Å². The molecule has 2 saturated carbocycles. The lowest BCUT2D eigenvalue weighted by molar-refractivity contribution is 0.484. The summed E-state index contributed by atoms with van der Waals surface area (Å²) in [5.41, 5.74) is 7.70. The van der Waals surface area contributed by atoms with Crippen molar-refractivity contribution in [1.82, 2.24) is 0 Å². The zero-order valence-electron chi connectivity index (χ0n) is 8.36. The molecule has 0 spiro atoms. The molecule has 76 valence electrons. The Hall–Kier alpha value is -0.340. The topological polar surface area (TPSA) is 26.0 Å². The Labute approximate surface area is 89.3 Å². The minimum atomic E-state index is 0.430. The van der Waals surface area contributed by atoms with Crippen LogP contribution in [0.15, 0.2) is 16.8 Å². The molecule has 2 aliphatic rings. The first kappa shape index (κ1) is 8.93. The van der Waals surface area contributed by atoms with Gasteiger partial charge >= 0.3 is 0 Å². The number of thiophene rings is 1. The van der Waals surface area contributed by atoms with Gasteiger partial charge in [0.05, 0.1) is 0 Å². The maximum atomic E-state index is 6.27. The van der Waals surface area contributed by atoms with Crippen LogP contribution < -0.4 is 5.73 Å². The van der Waals surface area contributed by atoms with E-state index in [9.17, 15) is 0 Å². The summed E-state index contributed by atoms with van der Waals surface area (Å²) in [6.45, 7) is 0. The van der Waals surface area contributed by atoms with E-state index >= 15 is 0 Å². The SMILES string of the molecule is NC(Cc1ccsc1)C1C2CCCC21. The van der Waals surface area contributed by atoms with Gasteiger partial charge in [-0.1, -0.05) is 6.42 Å². The first-order chi connectivity index (χ1) is 6.86. The van der Waals surface area contributed by atoms with E-state index in [-0.39, 0.29) is 0 Å². The van der Waals surface area contributed by atoms with Crippen molar-refractivity contribution in [3.63, 3.8) is 0 Å². The molecular weight excluding hydrogens is 190 g/mol. The van der Waals surface area contributed by atoms with E-state index in [4.69, 9.17) is 5.73 Å². The molecule has 2 N–H and O–H groups in total. The van der Waals surface area contributed by atoms with Gasteiger partial charge in [-0.3, -0.25) is 0 Å². The van der Waals surface area contributed by atoms with E-state index in [0.29, 0.717) is 6.04 Å². The van der Waals surface area contributed by atoms with Gasteiger partial charge in [0.2, 0.25) is 0 Å². The first-order valence-corrected chi connectivity index (χ1v) is 6.57. The van der Waals surface area contributed by atoms with Gasteiger partial charge in [-0.25, -0.2) is 0 Å². The Kier molecular flexibility index (Phi) is 2.14. The summed E-state index contributed by atoms with van der Waals surface area (Å²) in [5, 5.41) is 4.38.